The van der Waals surface area contributed by atoms with Crippen molar-refractivity contribution in [2.75, 3.05) is 35.7 Å². The molecule has 1 aromatic carbocycles. The van der Waals surface area contributed by atoms with Gasteiger partial charge in [-0.15, -0.1) is 0 Å². The number of carbonyl (C=O) groups excluding carboxylic acids is 1. The molecule has 0 aliphatic carbocycles. The Morgan fingerprint density at radius 3 is 2.86 bits per heavy atom. The number of likely N-dealkylation sites (tertiary alicyclic amines) is 1. The molecule has 0 spiro atoms. The van der Waals surface area contributed by atoms with Crippen molar-refractivity contribution in [3.05, 3.63) is 41.3 Å². The normalized spacial score (nSPS) is 20.8. The zero-order chi connectivity index (χ0) is 19.8. The number of fused-ring (bicyclic) bond motifs is 1. The van der Waals surface area contributed by atoms with Crippen LogP contribution in [0.4, 0.5) is 26.6 Å². The highest BCUT2D eigenvalue weighted by Crippen LogP contribution is 2.36. The number of hydrogen-bond donors (Lipinski definition) is 1. The largest absolute Gasteiger partial charge is 0.368 e. The molecule has 0 radical (unpaired) electrons. The number of nitrogen functional groups attached to an aromatic ring is 1. The third kappa shape index (κ3) is 3.28. The number of amides is 2. The minimum atomic E-state index is -0.409. The molecule has 1 saturated heterocycles. The van der Waals surface area contributed by atoms with Gasteiger partial charge in [-0.05, 0) is 58.0 Å². The Balaban J connectivity index is 1.79. The van der Waals surface area contributed by atoms with Gasteiger partial charge in [0.05, 0.1) is 12.2 Å². The second-order valence-electron chi connectivity index (χ2n) is 7.61. The predicted octanol–water partition coefficient (Wildman–Crippen LogP) is 2.94. The minimum absolute atomic E-state index is 0.0135. The van der Waals surface area contributed by atoms with Crippen molar-refractivity contribution >= 4 is 23.5 Å². The lowest BCUT2D eigenvalue weighted by atomic mass is 10.0. The van der Waals surface area contributed by atoms with Gasteiger partial charge >= 0.3 is 6.03 Å². The highest BCUT2D eigenvalue weighted by Gasteiger charge is 2.39. The lowest BCUT2D eigenvalue weighted by molar-refractivity contribution is 0.246. The Morgan fingerprint density at radius 2 is 2.07 bits per heavy atom. The number of halogens is 1. The van der Waals surface area contributed by atoms with E-state index in [1.165, 1.54) is 11.0 Å². The number of para-hydroxylation sites is 1. The number of anilines is 3. The Labute approximate surface area is 164 Å². The molecule has 2 amide bonds. The molecule has 28 heavy (non-hydrogen) atoms. The molecule has 3 heterocycles. The number of aryl methyl sites for hydroxylation is 1. The van der Waals surface area contributed by atoms with Crippen molar-refractivity contribution in [3.8, 4) is 0 Å². The average Bonchev–Trinajstić information content (AvgIpc) is 2.87. The zero-order valence-electron chi connectivity index (χ0n) is 16.2. The molecular formula is C20H25FN6O. The Kier molecular flexibility index (Phi) is 4.89. The van der Waals surface area contributed by atoms with Crippen LogP contribution in [0.1, 0.15) is 30.4 Å². The molecule has 1 aromatic heterocycles. The maximum absolute atomic E-state index is 14.7. The monoisotopic (exact) mass is 384 g/mol. The second kappa shape index (κ2) is 7.35. The molecule has 148 valence electrons. The molecule has 0 unspecified atom stereocenters. The molecular weight excluding hydrogens is 359 g/mol. The quantitative estimate of drug-likeness (QED) is 0.861. The van der Waals surface area contributed by atoms with Gasteiger partial charge < -0.3 is 10.6 Å². The fourth-order valence-corrected chi connectivity index (χ4v) is 4.14. The van der Waals surface area contributed by atoms with Crippen LogP contribution in [0.5, 0.6) is 0 Å². The summed E-state index contributed by atoms with van der Waals surface area (Å²) in [7, 11) is 2.09. The van der Waals surface area contributed by atoms with Gasteiger partial charge in [0, 0.05) is 17.8 Å². The fourth-order valence-electron chi connectivity index (χ4n) is 4.14. The molecule has 7 nitrogen and oxygen atoms in total. The Hall–Kier alpha value is -2.74. The minimum Gasteiger partial charge on any atom is -0.368 e. The topological polar surface area (TPSA) is 78.6 Å². The van der Waals surface area contributed by atoms with Gasteiger partial charge in [0.2, 0.25) is 5.95 Å². The second-order valence-corrected chi connectivity index (χ2v) is 7.61. The number of nitrogens with zero attached hydrogens (tertiary/aromatic N) is 5. The van der Waals surface area contributed by atoms with Gasteiger partial charge in [0.1, 0.15) is 11.6 Å². The Bertz CT molecular complexity index is 884. The molecule has 2 aromatic rings. The molecule has 4 rings (SSSR count). The van der Waals surface area contributed by atoms with Crippen LogP contribution >= 0.6 is 0 Å². The summed E-state index contributed by atoms with van der Waals surface area (Å²) in [6.45, 7) is 3.92. The number of hydrogen-bond acceptors (Lipinski definition) is 5. The highest BCUT2D eigenvalue weighted by molar-refractivity contribution is 6.06. The predicted molar refractivity (Wildman–Crippen MR) is 107 cm³/mol. The van der Waals surface area contributed by atoms with Crippen LogP contribution in [0.15, 0.2) is 24.4 Å². The summed E-state index contributed by atoms with van der Waals surface area (Å²) < 4.78 is 14.7. The summed E-state index contributed by atoms with van der Waals surface area (Å²) in [5.41, 5.74) is 7.62. The molecule has 1 atom stereocenters. The lowest BCUT2D eigenvalue weighted by Gasteiger charge is -2.40. The summed E-state index contributed by atoms with van der Waals surface area (Å²) in [4.78, 5) is 27.5. The van der Waals surface area contributed by atoms with Crippen LogP contribution in [0.2, 0.25) is 0 Å². The van der Waals surface area contributed by atoms with Crippen LogP contribution in [0, 0.1) is 12.7 Å². The van der Waals surface area contributed by atoms with Gasteiger partial charge in [-0.2, -0.15) is 4.98 Å². The third-order valence-corrected chi connectivity index (χ3v) is 5.60. The van der Waals surface area contributed by atoms with E-state index in [9.17, 15) is 9.18 Å². The molecule has 2 N–H and O–H groups in total. The molecule has 0 bridgehead atoms. The van der Waals surface area contributed by atoms with E-state index in [4.69, 9.17) is 5.73 Å². The van der Waals surface area contributed by atoms with Gasteiger partial charge in [0.15, 0.2) is 0 Å². The number of aromatic nitrogens is 2. The molecule has 2 aliphatic rings. The van der Waals surface area contributed by atoms with Crippen molar-refractivity contribution in [3.63, 3.8) is 0 Å². The van der Waals surface area contributed by atoms with E-state index in [0.717, 1.165) is 37.9 Å². The summed E-state index contributed by atoms with van der Waals surface area (Å²) in [5.74, 6) is 0.281. The summed E-state index contributed by atoms with van der Waals surface area (Å²) in [6.07, 6.45) is 4.32. The number of benzene rings is 1. The van der Waals surface area contributed by atoms with Crippen molar-refractivity contribution in [1.29, 1.82) is 0 Å². The average molecular weight is 384 g/mol. The standard InChI is InChI=1S/C20H25FN6O/c1-13-5-3-7-16(21)17(13)26-12-14-11-23-19(22)24-18(14)27(20(26)28)15-6-4-9-25(2)10-8-15/h3,5,7,11,15H,4,6,8-10,12H2,1-2H3,(H2,22,23,24)/t15-/m1/s1. The first-order chi connectivity index (χ1) is 13.5. The van der Waals surface area contributed by atoms with Gasteiger partial charge in [-0.1, -0.05) is 12.1 Å². The van der Waals surface area contributed by atoms with Crippen molar-refractivity contribution in [1.82, 2.24) is 14.9 Å². The molecule has 8 heteroatoms. The van der Waals surface area contributed by atoms with E-state index in [1.54, 1.807) is 17.2 Å². The summed E-state index contributed by atoms with van der Waals surface area (Å²) in [6, 6.07) is 4.58. The Morgan fingerprint density at radius 1 is 1.25 bits per heavy atom. The van der Waals surface area contributed by atoms with E-state index in [-0.39, 0.29) is 24.6 Å². The van der Waals surface area contributed by atoms with Crippen molar-refractivity contribution in [2.45, 2.75) is 38.8 Å². The van der Waals surface area contributed by atoms with Crippen molar-refractivity contribution < 1.29 is 9.18 Å². The molecule has 1 fully saturated rings. The number of nitrogens with two attached hydrogens (primary N) is 1. The van der Waals surface area contributed by atoms with E-state index in [0.29, 0.717) is 17.1 Å². The van der Waals surface area contributed by atoms with Gasteiger partial charge in [0.25, 0.3) is 0 Å². The van der Waals surface area contributed by atoms with E-state index in [1.807, 2.05) is 13.0 Å². The van der Waals surface area contributed by atoms with Crippen LogP contribution in [-0.2, 0) is 6.54 Å². The lowest BCUT2D eigenvalue weighted by Crippen LogP contribution is -2.53. The van der Waals surface area contributed by atoms with Crippen molar-refractivity contribution in [2.24, 2.45) is 0 Å². The number of rotatable bonds is 2. The van der Waals surface area contributed by atoms with E-state index < -0.39 is 5.82 Å². The molecule has 0 saturated carbocycles. The third-order valence-electron chi connectivity index (χ3n) is 5.60. The fraction of sp³-hybridized carbons (Fsp3) is 0.450. The van der Waals surface area contributed by atoms with Crippen LogP contribution < -0.4 is 15.5 Å². The van der Waals surface area contributed by atoms with Crippen LogP contribution in [0.3, 0.4) is 0 Å². The number of urea groups is 1. The first-order valence-electron chi connectivity index (χ1n) is 9.61. The van der Waals surface area contributed by atoms with Crippen LogP contribution in [0.25, 0.3) is 0 Å². The maximum Gasteiger partial charge on any atom is 0.330 e. The summed E-state index contributed by atoms with van der Waals surface area (Å²) >= 11 is 0. The van der Waals surface area contributed by atoms with E-state index >= 15 is 0 Å². The SMILES string of the molecule is Cc1cccc(F)c1N1Cc2cnc(N)nc2N([C@@H]2CCCN(C)CC2)C1=O. The molecule has 2 aliphatic heterocycles. The van der Waals surface area contributed by atoms with Gasteiger partial charge in [-0.25, -0.2) is 14.2 Å². The smallest absolute Gasteiger partial charge is 0.330 e. The van der Waals surface area contributed by atoms with Crippen LogP contribution in [-0.4, -0.2) is 47.1 Å². The van der Waals surface area contributed by atoms with E-state index in [2.05, 4.69) is 21.9 Å². The van der Waals surface area contributed by atoms with Gasteiger partial charge in [-0.3, -0.25) is 9.80 Å². The highest BCUT2D eigenvalue weighted by atomic mass is 19.1. The number of carbonyl (C=O) groups is 1. The summed E-state index contributed by atoms with van der Waals surface area (Å²) in [5, 5.41) is 0. The maximum atomic E-state index is 14.7. The zero-order valence-corrected chi connectivity index (χ0v) is 16.2. The first-order valence-corrected chi connectivity index (χ1v) is 9.61. The first kappa shape index (κ1) is 18.6.